The Morgan fingerprint density at radius 2 is 2.07 bits per heavy atom. The van der Waals surface area contributed by atoms with Crippen molar-refractivity contribution in [3.63, 3.8) is 0 Å². The van der Waals surface area contributed by atoms with Gasteiger partial charge in [-0.25, -0.2) is 4.98 Å². The first-order valence-corrected chi connectivity index (χ1v) is 6.52. The molecule has 0 radical (unpaired) electrons. The molecule has 2 rings (SSSR count). The molecule has 0 aliphatic heterocycles. The van der Waals surface area contributed by atoms with Crippen molar-refractivity contribution in [2.75, 3.05) is 0 Å². The lowest BCUT2D eigenvalue weighted by Crippen LogP contribution is -1.77. The van der Waals surface area contributed by atoms with Crippen LogP contribution in [0.2, 0.25) is 5.02 Å². The molecule has 72 valence electrons. The quantitative estimate of drug-likeness (QED) is 0.704. The van der Waals surface area contributed by atoms with Crippen LogP contribution < -0.4 is 0 Å². The highest BCUT2D eigenvalue weighted by Gasteiger charge is 2.09. The highest BCUT2D eigenvalue weighted by molar-refractivity contribution is 9.12. The van der Waals surface area contributed by atoms with E-state index < -0.39 is 0 Å². The Balaban J connectivity index is 2.54. The summed E-state index contributed by atoms with van der Waals surface area (Å²) in [5.41, 5.74) is 1.94. The summed E-state index contributed by atoms with van der Waals surface area (Å²) in [6.45, 7) is 0. The number of halogens is 3. The van der Waals surface area contributed by atoms with Gasteiger partial charge in [-0.1, -0.05) is 35.1 Å². The molecule has 1 nitrogen and oxygen atoms in total. The third-order valence-electron chi connectivity index (χ3n) is 1.66. The maximum atomic E-state index is 5.90. The first-order valence-electron chi connectivity index (χ1n) is 3.74. The van der Waals surface area contributed by atoms with Crippen molar-refractivity contribution >= 4 is 54.8 Å². The molecule has 0 saturated heterocycles. The fraction of sp³-hybridized carbons (Fsp3) is 0. The summed E-state index contributed by atoms with van der Waals surface area (Å²) in [5, 5.41) is 0.721. The number of hydrogen-bond donors (Lipinski definition) is 0. The summed E-state index contributed by atoms with van der Waals surface area (Å²) < 4.78 is 1.87. The molecular formula is C9H4Br2ClNS. The zero-order valence-corrected chi connectivity index (χ0v) is 11.5. The molecule has 0 N–H and O–H groups in total. The van der Waals surface area contributed by atoms with E-state index in [4.69, 9.17) is 11.6 Å². The summed E-state index contributed by atoms with van der Waals surface area (Å²) in [7, 11) is 0. The fourth-order valence-electron chi connectivity index (χ4n) is 1.09. The number of thiazole rings is 1. The molecule has 0 bridgehead atoms. The van der Waals surface area contributed by atoms with E-state index >= 15 is 0 Å². The van der Waals surface area contributed by atoms with Gasteiger partial charge in [0.05, 0.1) is 9.48 Å². The SMILES string of the molecule is Clc1cccc(-c2nc(Br)sc2Br)c1. The Hall–Kier alpha value is 0.1000. The van der Waals surface area contributed by atoms with Crippen molar-refractivity contribution in [3.8, 4) is 11.3 Å². The minimum atomic E-state index is 0.721. The van der Waals surface area contributed by atoms with Crippen LogP contribution in [-0.2, 0) is 0 Å². The van der Waals surface area contributed by atoms with E-state index in [1.165, 1.54) is 0 Å². The van der Waals surface area contributed by atoms with Gasteiger partial charge in [-0.15, -0.1) is 0 Å². The Labute approximate surface area is 107 Å². The summed E-state index contributed by atoms with van der Waals surface area (Å²) in [5.74, 6) is 0. The second-order valence-electron chi connectivity index (χ2n) is 2.60. The molecule has 0 saturated carbocycles. The van der Waals surface area contributed by atoms with E-state index in [1.54, 1.807) is 11.3 Å². The van der Waals surface area contributed by atoms with Gasteiger partial charge in [0.15, 0.2) is 3.92 Å². The lowest BCUT2D eigenvalue weighted by atomic mass is 10.2. The molecule has 0 amide bonds. The molecule has 1 aromatic heterocycles. The molecular weight excluding hydrogens is 349 g/mol. The summed E-state index contributed by atoms with van der Waals surface area (Å²) in [4.78, 5) is 4.35. The molecule has 0 aliphatic rings. The van der Waals surface area contributed by atoms with Crippen molar-refractivity contribution in [1.29, 1.82) is 0 Å². The van der Waals surface area contributed by atoms with Crippen LogP contribution in [0.25, 0.3) is 11.3 Å². The summed E-state index contributed by atoms with van der Waals surface area (Å²) in [6, 6.07) is 7.64. The van der Waals surface area contributed by atoms with Gasteiger partial charge in [0.1, 0.15) is 0 Å². The van der Waals surface area contributed by atoms with E-state index in [1.807, 2.05) is 24.3 Å². The minimum Gasteiger partial charge on any atom is -0.228 e. The molecule has 1 aromatic carbocycles. The summed E-state index contributed by atoms with van der Waals surface area (Å²) in [6.07, 6.45) is 0. The first kappa shape index (κ1) is 10.6. The first-order chi connectivity index (χ1) is 6.66. The van der Waals surface area contributed by atoms with Crippen LogP contribution in [0.4, 0.5) is 0 Å². The summed E-state index contributed by atoms with van der Waals surface area (Å²) >= 11 is 14.3. The smallest absolute Gasteiger partial charge is 0.160 e. The lowest BCUT2D eigenvalue weighted by molar-refractivity contribution is 1.36. The average Bonchev–Trinajstić information content (AvgIpc) is 2.45. The van der Waals surface area contributed by atoms with Crippen molar-refractivity contribution in [3.05, 3.63) is 37.0 Å². The van der Waals surface area contributed by atoms with Crippen LogP contribution in [-0.4, -0.2) is 4.98 Å². The van der Waals surface area contributed by atoms with Crippen LogP contribution in [0.1, 0.15) is 0 Å². The lowest BCUT2D eigenvalue weighted by Gasteiger charge is -1.97. The van der Waals surface area contributed by atoms with Crippen LogP contribution in [0.15, 0.2) is 32.0 Å². The molecule has 14 heavy (non-hydrogen) atoms. The zero-order chi connectivity index (χ0) is 10.1. The Kier molecular flexibility index (Phi) is 3.27. The molecule has 0 aliphatic carbocycles. The predicted molar refractivity (Wildman–Crippen MR) is 68.0 cm³/mol. The third-order valence-corrected chi connectivity index (χ3v) is 4.05. The molecule has 2 aromatic rings. The highest BCUT2D eigenvalue weighted by atomic mass is 79.9. The van der Waals surface area contributed by atoms with Crippen LogP contribution in [0.5, 0.6) is 0 Å². The average molecular weight is 353 g/mol. The topological polar surface area (TPSA) is 12.9 Å². The zero-order valence-electron chi connectivity index (χ0n) is 6.80. The molecule has 0 fully saturated rings. The van der Waals surface area contributed by atoms with Gasteiger partial charge in [-0.2, -0.15) is 0 Å². The molecule has 5 heteroatoms. The van der Waals surface area contributed by atoms with Gasteiger partial charge in [0.2, 0.25) is 0 Å². The van der Waals surface area contributed by atoms with Crippen molar-refractivity contribution in [1.82, 2.24) is 4.98 Å². The van der Waals surface area contributed by atoms with Gasteiger partial charge in [0.25, 0.3) is 0 Å². The van der Waals surface area contributed by atoms with Gasteiger partial charge in [-0.3, -0.25) is 0 Å². The molecule has 0 unspecified atom stereocenters. The largest absolute Gasteiger partial charge is 0.228 e. The standard InChI is InChI=1S/C9H4Br2ClNS/c10-8-7(13-9(11)14-8)5-2-1-3-6(12)4-5/h1-4H. The Morgan fingerprint density at radius 1 is 1.29 bits per heavy atom. The minimum absolute atomic E-state index is 0.721. The van der Waals surface area contributed by atoms with E-state index in [9.17, 15) is 0 Å². The van der Waals surface area contributed by atoms with Gasteiger partial charge in [0, 0.05) is 10.6 Å². The maximum absolute atomic E-state index is 5.90. The van der Waals surface area contributed by atoms with Crippen LogP contribution in [0.3, 0.4) is 0 Å². The molecule has 0 atom stereocenters. The number of nitrogens with zero attached hydrogens (tertiary/aromatic N) is 1. The van der Waals surface area contributed by atoms with Crippen molar-refractivity contribution in [2.45, 2.75) is 0 Å². The van der Waals surface area contributed by atoms with Crippen molar-refractivity contribution < 1.29 is 0 Å². The van der Waals surface area contributed by atoms with E-state index in [-0.39, 0.29) is 0 Å². The molecule has 0 spiro atoms. The molecule has 1 heterocycles. The van der Waals surface area contributed by atoms with Gasteiger partial charge >= 0.3 is 0 Å². The second kappa shape index (κ2) is 4.31. The number of benzene rings is 1. The van der Waals surface area contributed by atoms with Crippen LogP contribution in [0, 0.1) is 0 Å². The van der Waals surface area contributed by atoms with E-state index in [0.29, 0.717) is 0 Å². The second-order valence-corrected chi connectivity index (χ2v) is 6.63. The highest BCUT2D eigenvalue weighted by Crippen LogP contribution is 2.35. The number of aromatic nitrogens is 1. The van der Waals surface area contributed by atoms with Gasteiger partial charge < -0.3 is 0 Å². The van der Waals surface area contributed by atoms with Crippen molar-refractivity contribution in [2.24, 2.45) is 0 Å². The fourth-order valence-corrected chi connectivity index (χ4v) is 3.92. The Morgan fingerprint density at radius 3 is 2.64 bits per heavy atom. The maximum Gasteiger partial charge on any atom is 0.160 e. The third kappa shape index (κ3) is 2.19. The Bertz CT molecular complexity index is 470. The monoisotopic (exact) mass is 351 g/mol. The normalized spacial score (nSPS) is 10.5. The van der Waals surface area contributed by atoms with Crippen LogP contribution >= 0.6 is 54.8 Å². The predicted octanol–water partition coefficient (Wildman–Crippen LogP) is 4.99. The van der Waals surface area contributed by atoms with Gasteiger partial charge in [-0.05, 0) is 44.0 Å². The van der Waals surface area contributed by atoms with E-state index in [2.05, 4.69) is 36.8 Å². The number of rotatable bonds is 1. The number of hydrogen-bond acceptors (Lipinski definition) is 2. The van der Waals surface area contributed by atoms with E-state index in [0.717, 1.165) is 24.0 Å².